The quantitative estimate of drug-likeness (QED) is 0.493. The van der Waals surface area contributed by atoms with Crippen molar-refractivity contribution >= 4 is 39.3 Å². The van der Waals surface area contributed by atoms with Gasteiger partial charge in [0, 0.05) is 21.9 Å². The smallest absolute Gasteiger partial charge is 0.267 e. The summed E-state index contributed by atoms with van der Waals surface area (Å²) in [6.07, 6.45) is 0. The van der Waals surface area contributed by atoms with E-state index in [1.165, 1.54) is 4.90 Å². The number of para-hydroxylation sites is 1. The van der Waals surface area contributed by atoms with Crippen LogP contribution in [0.3, 0.4) is 0 Å². The van der Waals surface area contributed by atoms with Crippen molar-refractivity contribution in [3.63, 3.8) is 0 Å². The summed E-state index contributed by atoms with van der Waals surface area (Å²) in [4.78, 5) is 31.7. The molecule has 118 valence electrons. The van der Waals surface area contributed by atoms with Gasteiger partial charge in [-0.1, -0.05) is 42.5 Å². The Hall–Kier alpha value is -3.53. The van der Waals surface area contributed by atoms with Gasteiger partial charge in [0.1, 0.15) is 5.82 Å². The molecule has 0 N–H and O–H groups in total. The van der Waals surface area contributed by atoms with E-state index >= 15 is 0 Å². The molecule has 0 bridgehead atoms. The second-order valence-corrected chi connectivity index (χ2v) is 6.02. The van der Waals surface area contributed by atoms with Gasteiger partial charge in [-0.05, 0) is 35.7 Å². The van der Waals surface area contributed by atoms with E-state index in [0.29, 0.717) is 16.9 Å². The van der Waals surface area contributed by atoms with Crippen LogP contribution in [-0.4, -0.2) is 16.8 Å². The number of pyridine rings is 1. The Morgan fingerprint density at radius 1 is 0.640 bits per heavy atom. The lowest BCUT2D eigenvalue weighted by atomic mass is 9.94. The summed E-state index contributed by atoms with van der Waals surface area (Å²) in [7, 11) is 0. The van der Waals surface area contributed by atoms with Gasteiger partial charge >= 0.3 is 0 Å². The number of hydrogen-bond acceptors (Lipinski definition) is 3. The Kier molecular flexibility index (Phi) is 2.76. The minimum atomic E-state index is -0.336. The van der Waals surface area contributed by atoms with Crippen LogP contribution in [-0.2, 0) is 0 Å². The third kappa shape index (κ3) is 1.91. The Bertz CT molecular complexity index is 1150. The number of aromatic nitrogens is 1. The van der Waals surface area contributed by atoms with Crippen molar-refractivity contribution < 1.29 is 9.59 Å². The number of imide groups is 1. The van der Waals surface area contributed by atoms with E-state index in [2.05, 4.69) is 4.98 Å². The van der Waals surface area contributed by atoms with E-state index in [9.17, 15) is 9.59 Å². The van der Waals surface area contributed by atoms with Crippen LogP contribution < -0.4 is 4.90 Å². The number of anilines is 1. The summed E-state index contributed by atoms with van der Waals surface area (Å²) in [5, 5.41) is 2.57. The van der Waals surface area contributed by atoms with Gasteiger partial charge in [0.05, 0.1) is 5.52 Å². The van der Waals surface area contributed by atoms with Crippen LogP contribution in [0, 0.1) is 0 Å². The molecule has 0 saturated carbocycles. The average molecular weight is 324 g/mol. The van der Waals surface area contributed by atoms with Crippen molar-refractivity contribution in [2.75, 3.05) is 4.90 Å². The minimum Gasteiger partial charge on any atom is -0.268 e. The number of nitrogens with zero attached hydrogens (tertiary/aromatic N) is 2. The SMILES string of the molecule is O=C1c2cccc3cccc(c23)C(=O)N1c1ccc2ccccc2n1. The third-order valence-corrected chi connectivity index (χ3v) is 4.58. The standard InChI is InChI=1S/C21H12N2O2/c24-20-15-8-3-6-14-7-4-9-16(19(14)15)21(25)23(20)18-12-11-13-5-1-2-10-17(13)22-18/h1-12H. The zero-order valence-electron chi connectivity index (χ0n) is 13.1. The first-order valence-electron chi connectivity index (χ1n) is 8.00. The first-order valence-corrected chi connectivity index (χ1v) is 8.00. The Morgan fingerprint density at radius 3 is 2.00 bits per heavy atom. The summed E-state index contributed by atoms with van der Waals surface area (Å²) in [6, 6.07) is 22.2. The molecule has 1 aliphatic rings. The fraction of sp³-hybridized carbons (Fsp3) is 0. The lowest BCUT2D eigenvalue weighted by Crippen LogP contribution is -2.40. The molecule has 1 aromatic heterocycles. The third-order valence-electron chi connectivity index (χ3n) is 4.58. The van der Waals surface area contributed by atoms with Crippen LogP contribution in [0.1, 0.15) is 20.7 Å². The fourth-order valence-corrected chi connectivity index (χ4v) is 3.42. The van der Waals surface area contributed by atoms with E-state index in [-0.39, 0.29) is 11.8 Å². The summed E-state index contributed by atoms with van der Waals surface area (Å²) < 4.78 is 0. The van der Waals surface area contributed by atoms with Gasteiger partial charge in [-0.3, -0.25) is 9.59 Å². The van der Waals surface area contributed by atoms with Crippen molar-refractivity contribution in [3.05, 3.63) is 83.9 Å². The zero-order chi connectivity index (χ0) is 17.0. The second-order valence-electron chi connectivity index (χ2n) is 6.02. The van der Waals surface area contributed by atoms with E-state index < -0.39 is 0 Å². The second kappa shape index (κ2) is 4.98. The molecule has 0 aliphatic carbocycles. The molecule has 2 heterocycles. The van der Waals surface area contributed by atoms with Crippen LogP contribution >= 0.6 is 0 Å². The minimum absolute atomic E-state index is 0.336. The van der Waals surface area contributed by atoms with Crippen molar-refractivity contribution in [1.82, 2.24) is 4.98 Å². The molecule has 4 aromatic rings. The highest BCUT2D eigenvalue weighted by molar-refractivity contribution is 6.35. The predicted octanol–water partition coefficient (Wildman–Crippen LogP) is 4.19. The van der Waals surface area contributed by atoms with Crippen LogP contribution in [0.25, 0.3) is 21.7 Å². The van der Waals surface area contributed by atoms with Gasteiger partial charge in [-0.25, -0.2) is 9.88 Å². The van der Waals surface area contributed by atoms with Crippen LogP contribution in [0.2, 0.25) is 0 Å². The monoisotopic (exact) mass is 324 g/mol. The number of carbonyl (C=O) groups excluding carboxylic acids is 2. The molecule has 0 spiro atoms. The highest BCUT2D eigenvalue weighted by Gasteiger charge is 2.34. The number of fused-ring (bicyclic) bond motifs is 1. The van der Waals surface area contributed by atoms with Gasteiger partial charge in [-0.2, -0.15) is 0 Å². The summed E-state index contributed by atoms with van der Waals surface area (Å²) >= 11 is 0. The average Bonchev–Trinajstić information content (AvgIpc) is 2.66. The normalized spacial score (nSPS) is 13.7. The molecule has 2 amide bonds. The molecule has 0 saturated heterocycles. The molecule has 1 aliphatic heterocycles. The number of hydrogen-bond donors (Lipinski definition) is 0. The van der Waals surface area contributed by atoms with Gasteiger partial charge in [0.25, 0.3) is 11.8 Å². The molecular weight excluding hydrogens is 312 g/mol. The van der Waals surface area contributed by atoms with Gasteiger partial charge < -0.3 is 0 Å². The predicted molar refractivity (Wildman–Crippen MR) is 96.8 cm³/mol. The van der Waals surface area contributed by atoms with Crippen LogP contribution in [0.5, 0.6) is 0 Å². The highest BCUT2D eigenvalue weighted by atomic mass is 16.2. The molecule has 25 heavy (non-hydrogen) atoms. The molecule has 0 fully saturated rings. The fourth-order valence-electron chi connectivity index (χ4n) is 3.42. The first-order chi connectivity index (χ1) is 12.2. The molecule has 5 rings (SSSR count). The number of benzene rings is 3. The van der Waals surface area contributed by atoms with Crippen molar-refractivity contribution in [3.8, 4) is 0 Å². The van der Waals surface area contributed by atoms with Crippen molar-refractivity contribution in [1.29, 1.82) is 0 Å². The molecule has 3 aromatic carbocycles. The Morgan fingerprint density at radius 2 is 1.28 bits per heavy atom. The highest BCUT2D eigenvalue weighted by Crippen LogP contribution is 2.32. The molecule has 0 unspecified atom stereocenters. The molecule has 4 heteroatoms. The molecule has 0 radical (unpaired) electrons. The summed E-state index contributed by atoms with van der Waals surface area (Å²) in [5.74, 6) is -0.325. The largest absolute Gasteiger partial charge is 0.268 e. The first kappa shape index (κ1) is 13.9. The van der Waals surface area contributed by atoms with Gasteiger partial charge in [-0.15, -0.1) is 0 Å². The topological polar surface area (TPSA) is 50.3 Å². The van der Waals surface area contributed by atoms with Crippen molar-refractivity contribution in [2.45, 2.75) is 0 Å². The van der Waals surface area contributed by atoms with E-state index in [4.69, 9.17) is 0 Å². The Balaban J connectivity index is 1.75. The Labute approximate surface area is 143 Å². The van der Waals surface area contributed by atoms with Crippen molar-refractivity contribution in [2.24, 2.45) is 0 Å². The van der Waals surface area contributed by atoms with Crippen LogP contribution in [0.4, 0.5) is 5.82 Å². The molecular formula is C21H12N2O2. The zero-order valence-corrected chi connectivity index (χ0v) is 13.1. The maximum Gasteiger partial charge on any atom is 0.267 e. The molecule has 4 nitrogen and oxygen atoms in total. The maximum atomic E-state index is 13.0. The number of rotatable bonds is 1. The van der Waals surface area contributed by atoms with Crippen LogP contribution in [0.15, 0.2) is 72.8 Å². The summed E-state index contributed by atoms with van der Waals surface area (Å²) in [5.41, 5.74) is 1.81. The van der Waals surface area contributed by atoms with Gasteiger partial charge in [0.15, 0.2) is 0 Å². The number of carbonyl (C=O) groups is 2. The molecule has 0 atom stereocenters. The van der Waals surface area contributed by atoms with E-state index in [0.717, 1.165) is 21.7 Å². The van der Waals surface area contributed by atoms with E-state index in [1.54, 1.807) is 18.2 Å². The number of amides is 2. The maximum absolute atomic E-state index is 13.0. The van der Waals surface area contributed by atoms with E-state index in [1.807, 2.05) is 54.6 Å². The van der Waals surface area contributed by atoms with Gasteiger partial charge in [0.2, 0.25) is 0 Å². The lowest BCUT2D eigenvalue weighted by Gasteiger charge is -2.26. The summed E-state index contributed by atoms with van der Waals surface area (Å²) in [6.45, 7) is 0. The lowest BCUT2D eigenvalue weighted by molar-refractivity contribution is 0.0892.